The molecule has 0 aromatic rings. The van der Waals surface area contributed by atoms with Gasteiger partial charge in [0.05, 0.1) is 0 Å². The van der Waals surface area contributed by atoms with Crippen molar-refractivity contribution in [2.24, 2.45) is 23.7 Å². The van der Waals surface area contributed by atoms with Gasteiger partial charge in [-0.25, -0.2) is 0 Å². The van der Waals surface area contributed by atoms with Gasteiger partial charge >= 0.3 is 0 Å². The zero-order chi connectivity index (χ0) is 10.1. The van der Waals surface area contributed by atoms with Gasteiger partial charge in [0, 0.05) is 12.5 Å². The summed E-state index contributed by atoms with van der Waals surface area (Å²) < 4.78 is 0. The van der Waals surface area contributed by atoms with Crippen LogP contribution in [0.15, 0.2) is 0 Å². The molecule has 2 nitrogen and oxygen atoms in total. The Morgan fingerprint density at radius 3 is 2.64 bits per heavy atom. The summed E-state index contributed by atoms with van der Waals surface area (Å²) in [5, 5.41) is 3.07. The van der Waals surface area contributed by atoms with Gasteiger partial charge in [-0.05, 0) is 37.0 Å². The maximum Gasteiger partial charge on any atom is 0.223 e. The van der Waals surface area contributed by atoms with E-state index in [1.54, 1.807) is 0 Å². The highest BCUT2D eigenvalue weighted by molar-refractivity contribution is 5.79. The van der Waals surface area contributed by atoms with E-state index in [1.807, 2.05) is 0 Å². The molecule has 2 fully saturated rings. The Bertz CT molecular complexity index is 224. The van der Waals surface area contributed by atoms with Crippen molar-refractivity contribution in [1.29, 1.82) is 0 Å². The maximum atomic E-state index is 11.8. The van der Waals surface area contributed by atoms with Crippen LogP contribution in [0.2, 0.25) is 0 Å². The lowest BCUT2D eigenvalue weighted by molar-refractivity contribution is -0.126. The minimum Gasteiger partial charge on any atom is -0.356 e. The zero-order valence-corrected chi connectivity index (χ0v) is 9.25. The molecule has 1 amide bonds. The molecule has 2 heteroatoms. The fraction of sp³-hybridized carbons (Fsp3) is 0.917. The number of rotatable bonds is 3. The third kappa shape index (κ3) is 1.94. The summed E-state index contributed by atoms with van der Waals surface area (Å²) in [6, 6.07) is 0. The normalized spacial score (nSPS) is 35.2. The lowest BCUT2D eigenvalue weighted by atomic mass is 9.88. The third-order valence-corrected chi connectivity index (χ3v) is 3.76. The van der Waals surface area contributed by atoms with E-state index in [9.17, 15) is 4.79 Å². The van der Waals surface area contributed by atoms with Crippen molar-refractivity contribution in [3.8, 4) is 0 Å². The third-order valence-electron chi connectivity index (χ3n) is 3.76. The van der Waals surface area contributed by atoms with E-state index < -0.39 is 0 Å². The molecule has 0 radical (unpaired) electrons. The zero-order valence-electron chi connectivity index (χ0n) is 9.25. The Morgan fingerprint density at radius 2 is 2.14 bits per heavy atom. The number of fused-ring (bicyclic) bond motifs is 2. The molecule has 80 valence electrons. The summed E-state index contributed by atoms with van der Waals surface area (Å²) in [6.45, 7) is 5.12. The number of amides is 1. The van der Waals surface area contributed by atoms with Gasteiger partial charge < -0.3 is 5.32 Å². The lowest BCUT2D eigenvalue weighted by Crippen LogP contribution is -2.35. The Morgan fingerprint density at radius 1 is 1.36 bits per heavy atom. The van der Waals surface area contributed by atoms with Crippen LogP contribution in [0.5, 0.6) is 0 Å². The van der Waals surface area contributed by atoms with Gasteiger partial charge in [-0.15, -0.1) is 0 Å². The van der Waals surface area contributed by atoms with Crippen LogP contribution in [0.1, 0.15) is 39.5 Å². The van der Waals surface area contributed by atoms with Crippen LogP contribution in [0.4, 0.5) is 0 Å². The molecule has 2 rings (SSSR count). The number of nitrogens with one attached hydrogen (secondary N) is 1. The van der Waals surface area contributed by atoms with Crippen LogP contribution in [0, 0.1) is 23.7 Å². The van der Waals surface area contributed by atoms with Crippen LogP contribution < -0.4 is 5.32 Å². The molecule has 0 spiro atoms. The molecular formula is C12H21NO. The Balaban J connectivity index is 1.81. The molecule has 0 heterocycles. The summed E-state index contributed by atoms with van der Waals surface area (Å²) in [4.78, 5) is 11.8. The molecule has 0 aliphatic heterocycles. The van der Waals surface area contributed by atoms with E-state index in [-0.39, 0.29) is 0 Å². The summed E-state index contributed by atoms with van der Waals surface area (Å²) in [5.41, 5.74) is 0. The second-order valence-corrected chi connectivity index (χ2v) is 5.42. The van der Waals surface area contributed by atoms with Crippen molar-refractivity contribution in [1.82, 2.24) is 5.32 Å². The van der Waals surface area contributed by atoms with Gasteiger partial charge in [0.1, 0.15) is 0 Å². The number of carbonyl (C=O) groups excluding carboxylic acids is 1. The van der Waals surface area contributed by atoms with Crippen LogP contribution in [-0.2, 0) is 4.79 Å². The largest absolute Gasteiger partial charge is 0.356 e. The van der Waals surface area contributed by atoms with Crippen LogP contribution in [-0.4, -0.2) is 12.5 Å². The van der Waals surface area contributed by atoms with Crippen molar-refractivity contribution in [3.05, 3.63) is 0 Å². The Kier molecular flexibility index (Phi) is 2.80. The molecule has 2 aliphatic carbocycles. The predicted octanol–water partition coefficient (Wildman–Crippen LogP) is 2.19. The molecular weight excluding hydrogens is 174 g/mol. The van der Waals surface area contributed by atoms with Gasteiger partial charge in [-0.3, -0.25) is 4.79 Å². The van der Waals surface area contributed by atoms with E-state index in [1.165, 1.54) is 19.3 Å². The Hall–Kier alpha value is -0.530. The molecule has 0 aromatic carbocycles. The van der Waals surface area contributed by atoms with E-state index in [4.69, 9.17) is 0 Å². The molecule has 3 unspecified atom stereocenters. The number of carbonyl (C=O) groups is 1. The van der Waals surface area contributed by atoms with Crippen molar-refractivity contribution in [2.45, 2.75) is 39.5 Å². The Labute approximate surface area is 86.5 Å². The van der Waals surface area contributed by atoms with E-state index >= 15 is 0 Å². The van der Waals surface area contributed by atoms with Crippen molar-refractivity contribution >= 4 is 5.91 Å². The minimum absolute atomic E-state index is 0.325. The summed E-state index contributed by atoms with van der Waals surface area (Å²) in [6.07, 6.45) is 5.15. The predicted molar refractivity (Wildman–Crippen MR) is 56.8 cm³/mol. The minimum atomic E-state index is 0.325. The summed E-state index contributed by atoms with van der Waals surface area (Å²) >= 11 is 0. The first kappa shape index (κ1) is 10.0. The smallest absolute Gasteiger partial charge is 0.223 e. The SMILES string of the molecule is CC(C)CNC(=O)C1CC2CCC1C2. The lowest BCUT2D eigenvalue weighted by Gasteiger charge is -2.21. The first-order valence-corrected chi connectivity index (χ1v) is 5.94. The molecule has 2 bridgehead atoms. The number of hydrogen-bond donors (Lipinski definition) is 1. The van der Waals surface area contributed by atoms with Crippen LogP contribution in [0.25, 0.3) is 0 Å². The highest BCUT2D eigenvalue weighted by Gasteiger charge is 2.42. The fourth-order valence-corrected chi connectivity index (χ4v) is 3.00. The molecule has 1 N–H and O–H groups in total. The van der Waals surface area contributed by atoms with E-state index in [2.05, 4.69) is 19.2 Å². The number of hydrogen-bond acceptors (Lipinski definition) is 1. The average molecular weight is 195 g/mol. The quantitative estimate of drug-likeness (QED) is 0.735. The average Bonchev–Trinajstić information content (AvgIpc) is 2.74. The van der Waals surface area contributed by atoms with Gasteiger partial charge in [-0.2, -0.15) is 0 Å². The second-order valence-electron chi connectivity index (χ2n) is 5.42. The van der Waals surface area contributed by atoms with Crippen molar-refractivity contribution < 1.29 is 4.79 Å². The molecule has 2 saturated carbocycles. The monoisotopic (exact) mass is 195 g/mol. The first-order valence-electron chi connectivity index (χ1n) is 5.94. The summed E-state index contributed by atoms with van der Waals surface area (Å²) in [5.74, 6) is 2.83. The molecule has 0 aromatic heterocycles. The maximum absolute atomic E-state index is 11.8. The molecule has 14 heavy (non-hydrogen) atoms. The van der Waals surface area contributed by atoms with Gasteiger partial charge in [0.25, 0.3) is 0 Å². The fourth-order valence-electron chi connectivity index (χ4n) is 3.00. The second kappa shape index (κ2) is 3.92. The van der Waals surface area contributed by atoms with E-state index in [0.29, 0.717) is 23.7 Å². The molecule has 3 atom stereocenters. The first-order chi connectivity index (χ1) is 6.66. The molecule has 0 saturated heterocycles. The molecule has 2 aliphatic rings. The standard InChI is InChI=1S/C12H21NO/c1-8(2)7-13-12(14)11-6-9-3-4-10(11)5-9/h8-11H,3-7H2,1-2H3,(H,13,14). The van der Waals surface area contributed by atoms with Crippen LogP contribution in [0.3, 0.4) is 0 Å². The van der Waals surface area contributed by atoms with Gasteiger partial charge in [0.15, 0.2) is 0 Å². The van der Waals surface area contributed by atoms with Gasteiger partial charge in [0.2, 0.25) is 5.91 Å². The highest BCUT2D eigenvalue weighted by Crippen LogP contribution is 2.48. The summed E-state index contributed by atoms with van der Waals surface area (Å²) in [7, 11) is 0. The van der Waals surface area contributed by atoms with E-state index in [0.717, 1.165) is 18.9 Å². The van der Waals surface area contributed by atoms with Crippen molar-refractivity contribution in [3.63, 3.8) is 0 Å². The van der Waals surface area contributed by atoms with Gasteiger partial charge in [-0.1, -0.05) is 20.3 Å². The highest BCUT2D eigenvalue weighted by atomic mass is 16.1. The van der Waals surface area contributed by atoms with Crippen LogP contribution >= 0.6 is 0 Å². The topological polar surface area (TPSA) is 29.1 Å². The van der Waals surface area contributed by atoms with Crippen molar-refractivity contribution in [2.75, 3.05) is 6.54 Å².